The van der Waals surface area contributed by atoms with Gasteiger partial charge in [-0.25, -0.2) is 4.39 Å². The van der Waals surface area contributed by atoms with E-state index >= 15 is 0 Å². The molecule has 132 valence electrons. The molecular weight excluding hydrogens is 343 g/mol. The minimum atomic E-state index is -0.661. The minimum absolute atomic E-state index is 0.0282. The number of hydrogen-bond acceptors (Lipinski definition) is 2. The number of para-hydroxylation sites is 1. The molecule has 0 bridgehead atoms. The predicted octanol–water partition coefficient (Wildman–Crippen LogP) is 4.59. The second-order valence-corrected chi connectivity index (χ2v) is 6.11. The zero-order chi connectivity index (χ0) is 18.8. The molecule has 0 fully saturated rings. The average Bonchev–Trinajstić information content (AvgIpc) is 2.69. The van der Waals surface area contributed by atoms with Crippen LogP contribution in [0, 0.1) is 5.82 Å². The van der Waals surface area contributed by atoms with Crippen LogP contribution < -0.4 is 10.9 Å². The number of carbonyl (C=O) groups is 1. The molecule has 5 heteroatoms. The van der Waals surface area contributed by atoms with E-state index in [9.17, 15) is 14.0 Å². The highest BCUT2D eigenvalue weighted by Gasteiger charge is 2.13. The number of nitrogens with one attached hydrogen (secondary N) is 2. The van der Waals surface area contributed by atoms with Crippen molar-refractivity contribution in [1.82, 2.24) is 4.98 Å². The summed E-state index contributed by atoms with van der Waals surface area (Å²) >= 11 is 0. The number of benzene rings is 3. The number of halogens is 1. The van der Waals surface area contributed by atoms with E-state index in [0.717, 1.165) is 16.3 Å². The number of pyridine rings is 1. The monoisotopic (exact) mass is 358 g/mol. The van der Waals surface area contributed by atoms with Crippen molar-refractivity contribution >= 4 is 22.4 Å². The Morgan fingerprint density at radius 2 is 1.59 bits per heavy atom. The van der Waals surface area contributed by atoms with Gasteiger partial charge < -0.3 is 10.3 Å². The van der Waals surface area contributed by atoms with Gasteiger partial charge in [-0.15, -0.1) is 0 Å². The van der Waals surface area contributed by atoms with Gasteiger partial charge in [-0.1, -0.05) is 48.5 Å². The number of H-pyrrole nitrogens is 1. The van der Waals surface area contributed by atoms with Gasteiger partial charge in [0.25, 0.3) is 11.5 Å². The molecule has 1 amide bonds. The quantitative estimate of drug-likeness (QED) is 0.563. The fraction of sp³-hybridized carbons (Fsp3) is 0. The van der Waals surface area contributed by atoms with Gasteiger partial charge in [-0.2, -0.15) is 0 Å². The van der Waals surface area contributed by atoms with Gasteiger partial charge >= 0.3 is 0 Å². The molecule has 3 aromatic carbocycles. The van der Waals surface area contributed by atoms with Crippen molar-refractivity contribution in [2.75, 3.05) is 5.32 Å². The third kappa shape index (κ3) is 3.35. The summed E-state index contributed by atoms with van der Waals surface area (Å²) in [7, 11) is 0. The molecular formula is C22H15FN2O2. The lowest BCUT2D eigenvalue weighted by Gasteiger charge is -2.07. The van der Waals surface area contributed by atoms with Gasteiger partial charge in [0.15, 0.2) is 0 Å². The number of fused-ring (bicyclic) bond motifs is 1. The van der Waals surface area contributed by atoms with Gasteiger partial charge in [0.1, 0.15) is 11.4 Å². The standard InChI is InChI=1S/C22H15FN2O2/c23-18-7-3-4-8-20(18)25-22(27)17-11-12-19(24-21(17)26)16-10-9-14-5-1-2-6-15(14)13-16/h1-13H,(H,24,26)(H,25,27). The molecule has 0 aliphatic rings. The van der Waals surface area contributed by atoms with Crippen molar-refractivity contribution in [3.8, 4) is 11.3 Å². The first-order valence-electron chi connectivity index (χ1n) is 8.40. The van der Waals surface area contributed by atoms with Crippen LogP contribution in [0.1, 0.15) is 10.4 Å². The van der Waals surface area contributed by atoms with Gasteiger partial charge in [-0.05, 0) is 46.7 Å². The van der Waals surface area contributed by atoms with Crippen molar-refractivity contribution in [3.05, 3.63) is 101 Å². The molecule has 0 unspecified atom stereocenters. The number of amides is 1. The lowest BCUT2D eigenvalue weighted by Crippen LogP contribution is -2.23. The maximum absolute atomic E-state index is 13.7. The third-order valence-corrected chi connectivity index (χ3v) is 4.34. The topological polar surface area (TPSA) is 62.0 Å². The number of carbonyl (C=O) groups excluding carboxylic acids is 1. The second-order valence-electron chi connectivity index (χ2n) is 6.11. The van der Waals surface area contributed by atoms with Crippen molar-refractivity contribution < 1.29 is 9.18 Å². The number of hydrogen-bond donors (Lipinski definition) is 2. The first-order valence-corrected chi connectivity index (χ1v) is 8.40. The molecule has 1 aromatic heterocycles. The summed E-state index contributed by atoms with van der Waals surface area (Å²) in [6.07, 6.45) is 0. The first kappa shape index (κ1) is 16.7. The maximum atomic E-state index is 13.7. The molecule has 0 saturated carbocycles. The first-order chi connectivity index (χ1) is 13.1. The van der Waals surface area contributed by atoms with E-state index in [1.165, 1.54) is 24.3 Å². The van der Waals surface area contributed by atoms with Crippen LogP contribution in [0.15, 0.2) is 83.7 Å². The SMILES string of the molecule is O=C(Nc1ccccc1F)c1ccc(-c2ccc3ccccc3c2)[nH]c1=O. The van der Waals surface area contributed by atoms with Crippen LogP contribution in [0.25, 0.3) is 22.0 Å². The largest absolute Gasteiger partial charge is 0.321 e. The van der Waals surface area contributed by atoms with E-state index in [4.69, 9.17) is 0 Å². The molecule has 0 radical (unpaired) electrons. The van der Waals surface area contributed by atoms with Crippen LogP contribution in [0.3, 0.4) is 0 Å². The molecule has 0 spiro atoms. The van der Waals surface area contributed by atoms with Gasteiger partial charge in [0.05, 0.1) is 5.69 Å². The Morgan fingerprint density at radius 1 is 0.852 bits per heavy atom. The lowest BCUT2D eigenvalue weighted by atomic mass is 10.0. The highest BCUT2D eigenvalue weighted by molar-refractivity contribution is 6.04. The smallest absolute Gasteiger partial charge is 0.261 e. The van der Waals surface area contributed by atoms with E-state index in [0.29, 0.717) is 5.69 Å². The summed E-state index contributed by atoms with van der Waals surface area (Å²) in [5.74, 6) is -1.22. The zero-order valence-corrected chi connectivity index (χ0v) is 14.2. The van der Waals surface area contributed by atoms with Gasteiger partial charge in [0.2, 0.25) is 0 Å². The maximum Gasteiger partial charge on any atom is 0.261 e. The van der Waals surface area contributed by atoms with E-state index in [-0.39, 0.29) is 11.3 Å². The van der Waals surface area contributed by atoms with Gasteiger partial charge in [0, 0.05) is 5.69 Å². The van der Waals surface area contributed by atoms with Crippen LogP contribution in [0.4, 0.5) is 10.1 Å². The van der Waals surface area contributed by atoms with Crippen LogP contribution in [-0.2, 0) is 0 Å². The van der Waals surface area contributed by atoms with Crippen LogP contribution >= 0.6 is 0 Å². The Hall–Kier alpha value is -3.73. The fourth-order valence-electron chi connectivity index (χ4n) is 2.93. The fourth-order valence-corrected chi connectivity index (χ4v) is 2.93. The minimum Gasteiger partial charge on any atom is -0.321 e. The van der Waals surface area contributed by atoms with Crippen LogP contribution in [-0.4, -0.2) is 10.9 Å². The average molecular weight is 358 g/mol. The van der Waals surface area contributed by atoms with E-state index in [1.54, 1.807) is 12.1 Å². The van der Waals surface area contributed by atoms with Gasteiger partial charge in [-0.3, -0.25) is 9.59 Å². The summed E-state index contributed by atoms with van der Waals surface area (Å²) in [5.41, 5.74) is 0.859. The molecule has 0 atom stereocenters. The summed E-state index contributed by atoms with van der Waals surface area (Å²) in [6.45, 7) is 0. The van der Waals surface area contributed by atoms with E-state index in [2.05, 4.69) is 10.3 Å². The summed E-state index contributed by atoms with van der Waals surface area (Å²) in [6, 6.07) is 22.7. The molecule has 4 nitrogen and oxygen atoms in total. The summed E-state index contributed by atoms with van der Waals surface area (Å²) < 4.78 is 13.7. The Kier molecular flexibility index (Phi) is 4.26. The number of anilines is 1. The highest BCUT2D eigenvalue weighted by Crippen LogP contribution is 2.22. The van der Waals surface area contributed by atoms with Crippen LogP contribution in [0.5, 0.6) is 0 Å². The third-order valence-electron chi connectivity index (χ3n) is 4.34. The summed E-state index contributed by atoms with van der Waals surface area (Å²) in [5, 5.41) is 4.57. The molecule has 27 heavy (non-hydrogen) atoms. The lowest BCUT2D eigenvalue weighted by molar-refractivity contribution is 0.102. The molecule has 0 aliphatic carbocycles. The van der Waals surface area contributed by atoms with E-state index < -0.39 is 17.3 Å². The predicted molar refractivity (Wildman–Crippen MR) is 104 cm³/mol. The normalized spacial score (nSPS) is 10.7. The van der Waals surface area contributed by atoms with E-state index in [1.807, 2.05) is 42.5 Å². The van der Waals surface area contributed by atoms with Crippen LogP contribution in [0.2, 0.25) is 0 Å². The second kappa shape index (κ2) is 6.88. The van der Waals surface area contributed by atoms with Crippen molar-refractivity contribution in [3.63, 3.8) is 0 Å². The molecule has 4 aromatic rings. The molecule has 0 aliphatic heterocycles. The summed E-state index contributed by atoms with van der Waals surface area (Å²) in [4.78, 5) is 27.4. The highest BCUT2D eigenvalue weighted by atomic mass is 19.1. The van der Waals surface area contributed by atoms with Crippen molar-refractivity contribution in [2.45, 2.75) is 0 Å². The van der Waals surface area contributed by atoms with Crippen molar-refractivity contribution in [1.29, 1.82) is 0 Å². The number of aromatic nitrogens is 1. The Balaban J connectivity index is 1.64. The molecule has 0 saturated heterocycles. The molecule has 2 N–H and O–H groups in total. The Bertz CT molecular complexity index is 1210. The molecule has 4 rings (SSSR count). The Labute approximate surface area is 154 Å². The van der Waals surface area contributed by atoms with Crippen molar-refractivity contribution in [2.24, 2.45) is 0 Å². The Morgan fingerprint density at radius 3 is 2.37 bits per heavy atom. The number of rotatable bonds is 3. The number of aromatic amines is 1. The molecule has 1 heterocycles. The zero-order valence-electron chi connectivity index (χ0n) is 14.2.